The Hall–Kier alpha value is -1.59. The maximum Gasteiger partial charge on any atom is 0.327 e. The van der Waals surface area contributed by atoms with Crippen LogP contribution >= 0.6 is 12.4 Å². The van der Waals surface area contributed by atoms with E-state index >= 15 is 0 Å². The number of carbonyl (C=O) groups excluding carboxylic acids is 2. The molecular formula is C19H30ClNO4. The van der Waals surface area contributed by atoms with Gasteiger partial charge in [0.05, 0.1) is 6.61 Å². The molecule has 2 atom stereocenters. The molecule has 0 fully saturated rings. The van der Waals surface area contributed by atoms with E-state index in [2.05, 4.69) is 6.92 Å². The van der Waals surface area contributed by atoms with E-state index in [-0.39, 0.29) is 25.0 Å². The summed E-state index contributed by atoms with van der Waals surface area (Å²) in [4.78, 5) is 24.0. The monoisotopic (exact) mass is 371 g/mol. The highest BCUT2D eigenvalue weighted by Crippen LogP contribution is 2.22. The van der Waals surface area contributed by atoms with E-state index in [4.69, 9.17) is 15.2 Å². The average molecular weight is 372 g/mol. The van der Waals surface area contributed by atoms with E-state index in [1.165, 1.54) is 6.42 Å². The molecule has 0 spiro atoms. The Kier molecular flexibility index (Phi) is 12.8. The summed E-state index contributed by atoms with van der Waals surface area (Å²) >= 11 is 0. The molecule has 0 saturated carbocycles. The predicted octanol–water partition coefficient (Wildman–Crippen LogP) is 3.94. The Morgan fingerprint density at radius 2 is 1.68 bits per heavy atom. The van der Waals surface area contributed by atoms with Crippen LogP contribution in [-0.2, 0) is 19.1 Å². The third-order valence-corrected chi connectivity index (χ3v) is 3.76. The average Bonchev–Trinajstić information content (AvgIpc) is 2.60. The van der Waals surface area contributed by atoms with E-state index in [1.54, 1.807) is 19.1 Å². The van der Waals surface area contributed by atoms with Crippen molar-refractivity contribution < 1.29 is 19.1 Å². The summed E-state index contributed by atoms with van der Waals surface area (Å²) in [5.41, 5.74) is 6.66. The molecular weight excluding hydrogens is 342 g/mol. The second kappa shape index (κ2) is 13.7. The molecule has 0 aliphatic carbocycles. The number of esters is 2. The van der Waals surface area contributed by atoms with Gasteiger partial charge in [-0.2, -0.15) is 0 Å². The topological polar surface area (TPSA) is 78.6 Å². The number of unbranched alkanes of at least 4 members (excludes halogenated alkanes) is 4. The van der Waals surface area contributed by atoms with Gasteiger partial charge in [-0.1, -0.05) is 62.9 Å². The summed E-state index contributed by atoms with van der Waals surface area (Å²) in [6.45, 7) is 4.10. The first-order valence-corrected chi connectivity index (χ1v) is 8.76. The smallest absolute Gasteiger partial charge is 0.327 e. The molecule has 0 aliphatic rings. The van der Waals surface area contributed by atoms with E-state index in [9.17, 15) is 9.59 Å². The van der Waals surface area contributed by atoms with Crippen LogP contribution in [0.15, 0.2) is 30.3 Å². The van der Waals surface area contributed by atoms with Crippen LogP contribution in [0.3, 0.4) is 0 Å². The number of hydrogen-bond acceptors (Lipinski definition) is 5. The first kappa shape index (κ1) is 23.4. The van der Waals surface area contributed by atoms with Gasteiger partial charge in [0.1, 0.15) is 6.04 Å². The molecule has 2 N–H and O–H groups in total. The molecule has 1 aromatic carbocycles. The first-order valence-electron chi connectivity index (χ1n) is 8.76. The van der Waals surface area contributed by atoms with Crippen LogP contribution in [0, 0.1) is 0 Å². The summed E-state index contributed by atoms with van der Waals surface area (Å²) in [6.07, 6.45) is 4.76. The number of ether oxygens (including phenoxy) is 2. The van der Waals surface area contributed by atoms with Gasteiger partial charge >= 0.3 is 11.9 Å². The maximum atomic E-state index is 12.1. The fourth-order valence-electron chi connectivity index (χ4n) is 2.43. The van der Waals surface area contributed by atoms with E-state index in [0.717, 1.165) is 25.7 Å². The lowest BCUT2D eigenvalue weighted by molar-refractivity contribution is -0.157. The van der Waals surface area contributed by atoms with E-state index in [1.807, 2.05) is 18.2 Å². The van der Waals surface area contributed by atoms with Crippen molar-refractivity contribution in [1.82, 2.24) is 0 Å². The zero-order valence-corrected chi connectivity index (χ0v) is 15.9. The van der Waals surface area contributed by atoms with Crippen molar-refractivity contribution >= 4 is 24.3 Å². The minimum absolute atomic E-state index is 0. The molecule has 5 nitrogen and oxygen atoms in total. The van der Waals surface area contributed by atoms with Gasteiger partial charge in [0.15, 0.2) is 6.10 Å². The Bertz CT molecular complexity index is 495. The Labute approximate surface area is 156 Å². The number of carbonyl (C=O) groups is 2. The number of hydrogen-bond donors (Lipinski definition) is 1. The minimum Gasteiger partial charge on any atom is -0.465 e. The molecule has 0 radical (unpaired) electrons. The SMILES string of the molecule is CCCCCCCC(=O)O[C@@H](c1ccccc1)[C@@H](N)C(=O)OCC.Cl. The third-order valence-electron chi connectivity index (χ3n) is 3.76. The normalized spacial score (nSPS) is 12.6. The van der Waals surface area contributed by atoms with Crippen molar-refractivity contribution in [2.24, 2.45) is 5.73 Å². The second-order valence-electron chi connectivity index (χ2n) is 5.76. The van der Waals surface area contributed by atoms with Crippen LogP contribution < -0.4 is 5.73 Å². The lowest BCUT2D eigenvalue weighted by atomic mass is 10.0. The summed E-state index contributed by atoms with van der Waals surface area (Å²) in [6, 6.07) is 8.04. The summed E-state index contributed by atoms with van der Waals surface area (Å²) in [5, 5.41) is 0. The number of benzene rings is 1. The largest absolute Gasteiger partial charge is 0.465 e. The van der Waals surface area contributed by atoms with Gasteiger partial charge in [0.25, 0.3) is 0 Å². The first-order chi connectivity index (χ1) is 11.6. The summed E-state index contributed by atoms with van der Waals surface area (Å²) in [7, 11) is 0. The Morgan fingerprint density at radius 1 is 1.04 bits per heavy atom. The molecule has 0 amide bonds. The van der Waals surface area contributed by atoms with Gasteiger partial charge in [-0.15, -0.1) is 12.4 Å². The fourth-order valence-corrected chi connectivity index (χ4v) is 2.43. The lowest BCUT2D eigenvalue weighted by Gasteiger charge is -2.23. The molecule has 0 saturated heterocycles. The summed E-state index contributed by atoms with van der Waals surface area (Å²) in [5.74, 6) is -0.901. The van der Waals surface area contributed by atoms with Crippen LogP contribution in [0.25, 0.3) is 0 Å². The van der Waals surface area contributed by atoms with Gasteiger partial charge in [-0.25, -0.2) is 0 Å². The van der Waals surface area contributed by atoms with Gasteiger partial charge in [-0.05, 0) is 18.9 Å². The van der Waals surface area contributed by atoms with Crippen molar-refractivity contribution in [1.29, 1.82) is 0 Å². The van der Waals surface area contributed by atoms with Crippen molar-refractivity contribution in [3.8, 4) is 0 Å². The molecule has 0 bridgehead atoms. The van der Waals surface area contributed by atoms with Gasteiger partial charge < -0.3 is 15.2 Å². The van der Waals surface area contributed by atoms with Gasteiger partial charge in [0, 0.05) is 6.42 Å². The van der Waals surface area contributed by atoms with Crippen LogP contribution in [0.4, 0.5) is 0 Å². The highest BCUT2D eigenvalue weighted by molar-refractivity contribution is 5.85. The van der Waals surface area contributed by atoms with Crippen LogP contribution in [0.2, 0.25) is 0 Å². The van der Waals surface area contributed by atoms with Gasteiger partial charge in [-0.3, -0.25) is 9.59 Å². The molecule has 1 aromatic rings. The molecule has 25 heavy (non-hydrogen) atoms. The number of nitrogens with two attached hydrogens (primary N) is 1. The zero-order valence-electron chi connectivity index (χ0n) is 15.1. The highest BCUT2D eigenvalue weighted by atomic mass is 35.5. The maximum absolute atomic E-state index is 12.1. The van der Waals surface area contributed by atoms with Crippen molar-refractivity contribution in [3.63, 3.8) is 0 Å². The minimum atomic E-state index is -1.03. The fraction of sp³-hybridized carbons (Fsp3) is 0.579. The predicted molar refractivity (Wildman–Crippen MR) is 101 cm³/mol. The van der Waals surface area contributed by atoms with Gasteiger partial charge in [0.2, 0.25) is 0 Å². The molecule has 0 aromatic heterocycles. The molecule has 6 heteroatoms. The number of rotatable bonds is 11. The molecule has 0 unspecified atom stereocenters. The number of halogens is 1. The second-order valence-corrected chi connectivity index (χ2v) is 5.76. The molecule has 0 heterocycles. The van der Waals surface area contributed by atoms with Crippen molar-refractivity contribution in [3.05, 3.63) is 35.9 Å². The van der Waals surface area contributed by atoms with Crippen LogP contribution in [-0.4, -0.2) is 24.6 Å². The quantitative estimate of drug-likeness (QED) is 0.470. The Balaban J connectivity index is 0.00000576. The third kappa shape index (κ3) is 8.89. The highest BCUT2D eigenvalue weighted by Gasteiger charge is 2.30. The van der Waals surface area contributed by atoms with Crippen molar-refractivity contribution in [2.75, 3.05) is 6.61 Å². The molecule has 142 valence electrons. The van der Waals surface area contributed by atoms with Crippen molar-refractivity contribution in [2.45, 2.75) is 64.5 Å². The van der Waals surface area contributed by atoms with Crippen LogP contribution in [0.5, 0.6) is 0 Å². The standard InChI is InChI=1S/C19H29NO4.ClH/c1-3-5-6-7-11-14-16(21)24-18(15-12-9-8-10-13-15)17(20)19(22)23-4-2;/h8-10,12-13,17-18H,3-7,11,14,20H2,1-2H3;1H/t17-,18+;/m1./s1. The van der Waals surface area contributed by atoms with E-state index in [0.29, 0.717) is 12.0 Å². The zero-order chi connectivity index (χ0) is 17.8. The molecule has 1 rings (SSSR count). The van der Waals surface area contributed by atoms with E-state index < -0.39 is 18.1 Å². The Morgan fingerprint density at radius 3 is 2.28 bits per heavy atom. The molecule has 0 aliphatic heterocycles. The lowest BCUT2D eigenvalue weighted by Crippen LogP contribution is -2.40. The van der Waals surface area contributed by atoms with Crippen LogP contribution in [0.1, 0.15) is 64.0 Å². The summed E-state index contributed by atoms with van der Waals surface area (Å²) < 4.78 is 10.5.